The monoisotopic (exact) mass is 277 g/mol. The number of aliphatic hydroxyl groups is 1. The number of carbonyl (C=O) groups is 1. The number of hydrogen-bond donors (Lipinski definition) is 2. The maximum absolute atomic E-state index is 12.0. The van der Waals surface area contributed by atoms with Gasteiger partial charge in [-0.25, -0.2) is 0 Å². The van der Waals surface area contributed by atoms with E-state index < -0.39 is 6.10 Å². The number of rotatable bonds is 4. The number of amides is 1. The van der Waals surface area contributed by atoms with Crippen LogP contribution in [0.25, 0.3) is 0 Å². The number of aromatic nitrogens is 2. The van der Waals surface area contributed by atoms with Crippen LogP contribution in [-0.2, 0) is 11.3 Å². The molecule has 0 saturated heterocycles. The molecule has 0 bridgehead atoms. The third kappa shape index (κ3) is 2.87. The lowest BCUT2D eigenvalue weighted by atomic mass is 10.1. The van der Waals surface area contributed by atoms with E-state index >= 15 is 0 Å². The zero-order valence-electron chi connectivity index (χ0n) is 11.8. The van der Waals surface area contributed by atoms with Gasteiger partial charge >= 0.3 is 0 Å². The van der Waals surface area contributed by atoms with Gasteiger partial charge in [-0.1, -0.05) is 12.8 Å². The van der Waals surface area contributed by atoms with E-state index in [1.54, 1.807) is 0 Å². The Kier molecular flexibility index (Phi) is 4.05. The Hall–Kier alpha value is -1.36. The molecule has 0 spiro atoms. The molecule has 1 aromatic rings. The molecule has 110 valence electrons. The van der Waals surface area contributed by atoms with E-state index in [0.29, 0.717) is 12.6 Å². The van der Waals surface area contributed by atoms with E-state index in [1.165, 1.54) is 25.7 Å². The van der Waals surface area contributed by atoms with Crippen molar-refractivity contribution >= 4 is 5.91 Å². The zero-order valence-corrected chi connectivity index (χ0v) is 11.8. The van der Waals surface area contributed by atoms with E-state index in [-0.39, 0.29) is 11.8 Å². The van der Waals surface area contributed by atoms with Gasteiger partial charge in [0.05, 0.1) is 30.3 Å². The summed E-state index contributed by atoms with van der Waals surface area (Å²) >= 11 is 0. The largest absolute Gasteiger partial charge is 0.392 e. The van der Waals surface area contributed by atoms with Crippen LogP contribution in [-0.4, -0.2) is 26.9 Å². The highest BCUT2D eigenvalue weighted by Gasteiger charge is 2.31. The predicted molar refractivity (Wildman–Crippen MR) is 74.9 cm³/mol. The van der Waals surface area contributed by atoms with Crippen LogP contribution in [0.4, 0.5) is 0 Å². The van der Waals surface area contributed by atoms with Crippen molar-refractivity contribution in [3.8, 4) is 0 Å². The second kappa shape index (κ2) is 5.95. The van der Waals surface area contributed by atoms with Crippen LogP contribution in [0.15, 0.2) is 12.3 Å². The van der Waals surface area contributed by atoms with Gasteiger partial charge in [0, 0.05) is 6.20 Å². The Morgan fingerprint density at radius 1 is 1.30 bits per heavy atom. The summed E-state index contributed by atoms with van der Waals surface area (Å²) in [5.74, 6) is -0.266. The van der Waals surface area contributed by atoms with Crippen molar-refractivity contribution in [2.24, 2.45) is 5.92 Å². The minimum Gasteiger partial charge on any atom is -0.392 e. The summed E-state index contributed by atoms with van der Waals surface area (Å²) in [5, 5.41) is 17.2. The first-order chi connectivity index (χ1) is 9.74. The molecule has 1 amide bonds. The molecule has 0 aromatic carbocycles. The van der Waals surface area contributed by atoms with Crippen molar-refractivity contribution in [2.75, 3.05) is 0 Å². The van der Waals surface area contributed by atoms with Crippen LogP contribution < -0.4 is 5.32 Å². The molecule has 3 rings (SSSR count). The quantitative estimate of drug-likeness (QED) is 0.881. The summed E-state index contributed by atoms with van der Waals surface area (Å²) in [6.07, 6.45) is 9.02. The molecule has 2 fully saturated rings. The Bertz CT molecular complexity index is 465. The van der Waals surface area contributed by atoms with Gasteiger partial charge in [-0.15, -0.1) is 0 Å². The van der Waals surface area contributed by atoms with Gasteiger partial charge in [0.2, 0.25) is 5.91 Å². The molecule has 5 nitrogen and oxygen atoms in total. The Balaban J connectivity index is 1.52. The summed E-state index contributed by atoms with van der Waals surface area (Å²) < 4.78 is 2.04. The van der Waals surface area contributed by atoms with Gasteiger partial charge in [0.25, 0.3) is 0 Å². The molecule has 20 heavy (non-hydrogen) atoms. The first-order valence-corrected chi connectivity index (χ1v) is 7.74. The lowest BCUT2D eigenvalue weighted by Crippen LogP contribution is -2.34. The van der Waals surface area contributed by atoms with Crippen molar-refractivity contribution in [2.45, 2.75) is 63.6 Å². The number of hydrogen-bond acceptors (Lipinski definition) is 3. The van der Waals surface area contributed by atoms with Crippen LogP contribution >= 0.6 is 0 Å². The zero-order chi connectivity index (χ0) is 13.9. The highest BCUT2D eigenvalue weighted by molar-refractivity contribution is 5.79. The lowest BCUT2D eigenvalue weighted by Gasteiger charge is -2.13. The van der Waals surface area contributed by atoms with Gasteiger partial charge in [-0.05, 0) is 38.2 Å². The summed E-state index contributed by atoms with van der Waals surface area (Å²) in [6, 6.07) is 2.51. The molecule has 2 unspecified atom stereocenters. The first-order valence-electron chi connectivity index (χ1n) is 7.74. The molecular formula is C15H23N3O2. The fourth-order valence-electron chi connectivity index (χ4n) is 3.40. The summed E-state index contributed by atoms with van der Waals surface area (Å²) in [7, 11) is 0. The molecule has 5 heteroatoms. The van der Waals surface area contributed by atoms with Crippen LogP contribution in [0.3, 0.4) is 0 Å². The fourth-order valence-corrected chi connectivity index (χ4v) is 3.40. The highest BCUT2D eigenvalue weighted by atomic mass is 16.3. The minimum atomic E-state index is -0.467. The first kappa shape index (κ1) is 13.6. The van der Waals surface area contributed by atoms with E-state index in [2.05, 4.69) is 10.4 Å². The SMILES string of the molecule is O=C(NCc1ccn(C2CCCC2)n1)C1CCCC1O. The molecule has 2 aliphatic rings. The molecule has 1 aromatic heterocycles. The van der Waals surface area contributed by atoms with Gasteiger partial charge in [0.1, 0.15) is 0 Å². The van der Waals surface area contributed by atoms with Gasteiger partial charge in [-0.2, -0.15) is 5.10 Å². The minimum absolute atomic E-state index is 0.0367. The predicted octanol–water partition coefficient (Wildman–Crippen LogP) is 1.78. The van der Waals surface area contributed by atoms with Crippen molar-refractivity contribution in [1.82, 2.24) is 15.1 Å². The number of carbonyl (C=O) groups excluding carboxylic acids is 1. The molecular weight excluding hydrogens is 254 g/mol. The van der Waals surface area contributed by atoms with Gasteiger partial charge < -0.3 is 10.4 Å². The summed E-state index contributed by atoms with van der Waals surface area (Å²) in [4.78, 5) is 12.0. The Morgan fingerprint density at radius 3 is 2.80 bits per heavy atom. The number of nitrogens with one attached hydrogen (secondary N) is 1. The van der Waals surface area contributed by atoms with E-state index in [1.807, 2.05) is 16.9 Å². The maximum Gasteiger partial charge on any atom is 0.226 e. The number of nitrogens with zero attached hydrogens (tertiary/aromatic N) is 2. The standard InChI is InChI=1S/C15H23N3O2/c19-14-7-3-6-13(14)15(20)16-10-11-8-9-18(17-11)12-4-1-2-5-12/h8-9,12-14,19H,1-7,10H2,(H,16,20). The maximum atomic E-state index is 12.0. The topological polar surface area (TPSA) is 67.2 Å². The smallest absolute Gasteiger partial charge is 0.226 e. The van der Waals surface area contributed by atoms with Crippen molar-refractivity contribution in [3.63, 3.8) is 0 Å². The fraction of sp³-hybridized carbons (Fsp3) is 0.733. The average Bonchev–Trinajstić information content (AvgIpc) is 3.16. The lowest BCUT2D eigenvalue weighted by molar-refractivity contribution is -0.127. The van der Waals surface area contributed by atoms with Crippen LogP contribution in [0.5, 0.6) is 0 Å². The van der Waals surface area contributed by atoms with Gasteiger partial charge in [0.15, 0.2) is 0 Å². The van der Waals surface area contributed by atoms with Crippen LogP contribution in [0, 0.1) is 5.92 Å². The molecule has 2 atom stereocenters. The normalized spacial score (nSPS) is 27.1. The second-order valence-corrected chi connectivity index (χ2v) is 6.05. The van der Waals surface area contributed by atoms with Crippen molar-refractivity contribution < 1.29 is 9.90 Å². The van der Waals surface area contributed by atoms with Crippen LogP contribution in [0.2, 0.25) is 0 Å². The van der Waals surface area contributed by atoms with E-state index in [0.717, 1.165) is 25.0 Å². The van der Waals surface area contributed by atoms with Crippen molar-refractivity contribution in [3.05, 3.63) is 18.0 Å². The molecule has 2 saturated carbocycles. The molecule has 1 heterocycles. The third-order valence-corrected chi connectivity index (χ3v) is 4.62. The summed E-state index contributed by atoms with van der Waals surface area (Å²) in [5.41, 5.74) is 0.901. The third-order valence-electron chi connectivity index (χ3n) is 4.62. The number of aliphatic hydroxyl groups excluding tert-OH is 1. The molecule has 2 aliphatic carbocycles. The Labute approximate surface area is 119 Å². The molecule has 0 aliphatic heterocycles. The van der Waals surface area contributed by atoms with E-state index in [4.69, 9.17) is 0 Å². The van der Waals surface area contributed by atoms with Crippen molar-refractivity contribution in [1.29, 1.82) is 0 Å². The highest BCUT2D eigenvalue weighted by Crippen LogP contribution is 2.29. The van der Waals surface area contributed by atoms with E-state index in [9.17, 15) is 9.90 Å². The second-order valence-electron chi connectivity index (χ2n) is 6.05. The molecule has 0 radical (unpaired) electrons. The molecule has 2 N–H and O–H groups in total. The Morgan fingerprint density at radius 2 is 2.10 bits per heavy atom. The van der Waals surface area contributed by atoms with Gasteiger partial charge in [-0.3, -0.25) is 9.48 Å². The summed E-state index contributed by atoms with van der Waals surface area (Å²) in [6.45, 7) is 0.460. The van der Waals surface area contributed by atoms with Crippen LogP contribution in [0.1, 0.15) is 56.7 Å². The average molecular weight is 277 g/mol.